The molecular formula is C18H27BrN4O. The molecule has 0 aliphatic carbocycles. The quantitative estimate of drug-likeness (QED) is 0.663. The molecule has 0 atom stereocenters. The number of aromatic nitrogens is 2. The van der Waals surface area contributed by atoms with Crippen LogP contribution in [0.4, 0.5) is 0 Å². The Kier molecular flexibility index (Phi) is 7.42. The summed E-state index contributed by atoms with van der Waals surface area (Å²) >= 11 is 3.47. The number of methoxy groups -OCH3 is 1. The third kappa shape index (κ3) is 5.14. The molecule has 0 radical (unpaired) electrons. The van der Waals surface area contributed by atoms with Gasteiger partial charge < -0.3 is 15.0 Å². The van der Waals surface area contributed by atoms with Crippen LogP contribution >= 0.6 is 15.9 Å². The molecule has 0 aliphatic heterocycles. The third-order valence-corrected chi connectivity index (χ3v) is 4.69. The van der Waals surface area contributed by atoms with Crippen molar-refractivity contribution in [3.63, 3.8) is 0 Å². The highest BCUT2D eigenvalue weighted by Gasteiger charge is 2.12. The fraction of sp³-hybridized carbons (Fsp3) is 0.500. The van der Waals surface area contributed by atoms with Crippen LogP contribution in [-0.4, -0.2) is 55.1 Å². The molecule has 0 saturated carbocycles. The fourth-order valence-corrected chi connectivity index (χ4v) is 2.87. The maximum Gasteiger partial charge on any atom is 0.0649 e. The second-order valence-corrected chi connectivity index (χ2v) is 6.93. The van der Waals surface area contributed by atoms with E-state index in [-0.39, 0.29) is 0 Å². The van der Waals surface area contributed by atoms with Gasteiger partial charge in [-0.1, -0.05) is 15.9 Å². The van der Waals surface area contributed by atoms with Gasteiger partial charge in [0.05, 0.1) is 18.0 Å². The first-order valence-corrected chi connectivity index (χ1v) is 9.01. The Hall–Kier alpha value is -1.21. The summed E-state index contributed by atoms with van der Waals surface area (Å²) in [4.78, 5) is 2.27. The molecule has 132 valence electrons. The van der Waals surface area contributed by atoms with Crippen LogP contribution in [0, 0.1) is 13.8 Å². The van der Waals surface area contributed by atoms with Gasteiger partial charge in [0.15, 0.2) is 0 Å². The Morgan fingerprint density at radius 3 is 2.58 bits per heavy atom. The van der Waals surface area contributed by atoms with E-state index in [0.717, 1.165) is 48.6 Å². The largest absolute Gasteiger partial charge is 0.383 e. The van der Waals surface area contributed by atoms with E-state index < -0.39 is 0 Å². The average Bonchev–Trinajstić information content (AvgIpc) is 2.85. The van der Waals surface area contributed by atoms with Gasteiger partial charge in [-0.15, -0.1) is 0 Å². The van der Waals surface area contributed by atoms with Crippen molar-refractivity contribution in [1.29, 1.82) is 0 Å². The van der Waals surface area contributed by atoms with E-state index in [1.54, 1.807) is 7.11 Å². The van der Waals surface area contributed by atoms with Crippen LogP contribution in [-0.2, 0) is 11.3 Å². The highest BCUT2D eigenvalue weighted by Crippen LogP contribution is 2.19. The van der Waals surface area contributed by atoms with Crippen molar-refractivity contribution in [2.24, 2.45) is 0 Å². The fourth-order valence-electron chi connectivity index (χ4n) is 2.61. The third-order valence-electron chi connectivity index (χ3n) is 4.16. The molecule has 1 N–H and O–H groups in total. The Labute approximate surface area is 153 Å². The van der Waals surface area contributed by atoms with Crippen molar-refractivity contribution in [3.05, 3.63) is 45.7 Å². The number of nitrogens with zero attached hydrogens (tertiary/aromatic N) is 3. The predicted octanol–water partition coefficient (Wildman–Crippen LogP) is 2.92. The standard InChI is InChI=1S/C18H27BrN4O/c1-14-18(13-20-9-10-22(3)11-12-24-4)15(2)23(21-14)17-7-5-16(19)6-8-17/h5-8,20H,9-13H2,1-4H3. The summed E-state index contributed by atoms with van der Waals surface area (Å²) in [6.45, 7) is 8.72. The van der Waals surface area contributed by atoms with Crippen LogP contribution in [0.15, 0.2) is 28.7 Å². The lowest BCUT2D eigenvalue weighted by atomic mass is 10.2. The molecule has 1 heterocycles. The molecule has 0 amide bonds. The monoisotopic (exact) mass is 394 g/mol. The molecule has 2 rings (SSSR count). The number of likely N-dealkylation sites (N-methyl/N-ethyl adjacent to an activating group) is 1. The van der Waals surface area contributed by atoms with E-state index in [2.05, 4.69) is 59.2 Å². The molecule has 6 heteroatoms. The van der Waals surface area contributed by atoms with Crippen LogP contribution in [0.3, 0.4) is 0 Å². The molecule has 0 fully saturated rings. The van der Waals surface area contributed by atoms with Crippen LogP contribution in [0.1, 0.15) is 17.0 Å². The Morgan fingerprint density at radius 2 is 1.92 bits per heavy atom. The zero-order chi connectivity index (χ0) is 17.5. The normalized spacial score (nSPS) is 11.4. The van der Waals surface area contributed by atoms with Gasteiger partial charge in [0.1, 0.15) is 0 Å². The highest BCUT2D eigenvalue weighted by molar-refractivity contribution is 9.10. The summed E-state index contributed by atoms with van der Waals surface area (Å²) in [6, 6.07) is 8.23. The molecule has 0 saturated heterocycles. The minimum atomic E-state index is 0.772. The van der Waals surface area contributed by atoms with E-state index in [9.17, 15) is 0 Å². The van der Waals surface area contributed by atoms with Crippen molar-refractivity contribution in [3.8, 4) is 5.69 Å². The highest BCUT2D eigenvalue weighted by atomic mass is 79.9. The van der Waals surface area contributed by atoms with E-state index in [1.165, 1.54) is 11.3 Å². The Morgan fingerprint density at radius 1 is 1.21 bits per heavy atom. The summed E-state index contributed by atoms with van der Waals surface area (Å²) in [5.41, 5.74) is 4.63. The first kappa shape index (κ1) is 19.1. The van der Waals surface area contributed by atoms with Gasteiger partial charge in [-0.05, 0) is 45.2 Å². The van der Waals surface area contributed by atoms with E-state index >= 15 is 0 Å². The lowest BCUT2D eigenvalue weighted by molar-refractivity contribution is 0.161. The molecule has 2 aromatic rings. The molecule has 1 aromatic heterocycles. The lowest BCUT2D eigenvalue weighted by Crippen LogP contribution is -2.31. The molecule has 0 aliphatic rings. The first-order valence-electron chi connectivity index (χ1n) is 8.22. The Bertz CT molecular complexity index is 639. The van der Waals surface area contributed by atoms with Gasteiger partial charge in [-0.2, -0.15) is 5.10 Å². The van der Waals surface area contributed by atoms with Crippen molar-refractivity contribution < 1.29 is 4.74 Å². The molecule has 0 spiro atoms. The van der Waals surface area contributed by atoms with Crippen molar-refractivity contribution in [2.45, 2.75) is 20.4 Å². The number of benzene rings is 1. The zero-order valence-electron chi connectivity index (χ0n) is 15.0. The molecule has 0 bridgehead atoms. The number of rotatable bonds is 9. The zero-order valence-corrected chi connectivity index (χ0v) is 16.6. The topological polar surface area (TPSA) is 42.3 Å². The maximum absolute atomic E-state index is 5.10. The van der Waals surface area contributed by atoms with Gasteiger partial charge in [0.2, 0.25) is 0 Å². The minimum absolute atomic E-state index is 0.772. The molecule has 24 heavy (non-hydrogen) atoms. The van der Waals surface area contributed by atoms with Gasteiger partial charge in [-0.25, -0.2) is 4.68 Å². The van der Waals surface area contributed by atoms with Crippen LogP contribution in [0.25, 0.3) is 5.69 Å². The number of aryl methyl sites for hydroxylation is 1. The number of hydrogen-bond donors (Lipinski definition) is 1. The van der Waals surface area contributed by atoms with Gasteiger partial charge in [0, 0.05) is 49.0 Å². The number of ether oxygens (including phenoxy) is 1. The summed E-state index contributed by atoms with van der Waals surface area (Å²) in [5.74, 6) is 0. The predicted molar refractivity (Wildman–Crippen MR) is 102 cm³/mol. The van der Waals surface area contributed by atoms with Gasteiger partial charge in [0.25, 0.3) is 0 Å². The minimum Gasteiger partial charge on any atom is -0.383 e. The van der Waals surface area contributed by atoms with Crippen molar-refractivity contribution >= 4 is 15.9 Å². The SMILES string of the molecule is COCCN(C)CCNCc1c(C)nn(-c2ccc(Br)cc2)c1C. The van der Waals surface area contributed by atoms with E-state index in [0.29, 0.717) is 0 Å². The van der Waals surface area contributed by atoms with Crippen LogP contribution in [0.5, 0.6) is 0 Å². The second kappa shape index (κ2) is 9.32. The summed E-state index contributed by atoms with van der Waals surface area (Å²) in [6.07, 6.45) is 0. The molecule has 1 aromatic carbocycles. The summed E-state index contributed by atoms with van der Waals surface area (Å²) in [7, 11) is 3.85. The lowest BCUT2D eigenvalue weighted by Gasteiger charge is -2.16. The van der Waals surface area contributed by atoms with Gasteiger partial charge >= 0.3 is 0 Å². The number of hydrogen-bond acceptors (Lipinski definition) is 4. The Balaban J connectivity index is 1.93. The maximum atomic E-state index is 5.10. The average molecular weight is 395 g/mol. The molecular weight excluding hydrogens is 368 g/mol. The number of halogens is 1. The van der Waals surface area contributed by atoms with Crippen LogP contribution < -0.4 is 5.32 Å². The van der Waals surface area contributed by atoms with E-state index in [4.69, 9.17) is 9.84 Å². The smallest absolute Gasteiger partial charge is 0.0649 e. The first-order chi connectivity index (χ1) is 11.5. The molecule has 5 nitrogen and oxygen atoms in total. The van der Waals surface area contributed by atoms with Crippen molar-refractivity contribution in [1.82, 2.24) is 20.0 Å². The second-order valence-electron chi connectivity index (χ2n) is 6.01. The van der Waals surface area contributed by atoms with Crippen LogP contribution in [0.2, 0.25) is 0 Å². The number of nitrogens with one attached hydrogen (secondary N) is 1. The van der Waals surface area contributed by atoms with Crippen molar-refractivity contribution in [2.75, 3.05) is 40.4 Å². The summed E-state index contributed by atoms with van der Waals surface area (Å²) in [5, 5.41) is 8.22. The van der Waals surface area contributed by atoms with Gasteiger partial charge in [-0.3, -0.25) is 0 Å². The summed E-state index contributed by atoms with van der Waals surface area (Å²) < 4.78 is 8.19. The van der Waals surface area contributed by atoms with E-state index in [1.807, 2.05) is 16.8 Å². The molecule has 0 unspecified atom stereocenters.